The molecule has 0 fully saturated rings. The molecule has 0 heterocycles. The Labute approximate surface area is 86.1 Å². The molecule has 4 nitrogen and oxygen atoms in total. The summed E-state index contributed by atoms with van der Waals surface area (Å²) in [7, 11) is 0. The minimum absolute atomic E-state index is 0.0312. The van der Waals surface area contributed by atoms with Gasteiger partial charge < -0.3 is 15.7 Å². The fourth-order valence-electron chi connectivity index (χ4n) is 1.12. The second-order valence-corrected chi connectivity index (χ2v) is 3.64. The minimum atomic E-state index is -0.156. The van der Waals surface area contributed by atoms with Gasteiger partial charge >= 0.3 is 0 Å². The first-order valence-electron chi connectivity index (χ1n) is 5.23. The highest BCUT2D eigenvalue weighted by Gasteiger charge is 2.11. The maximum Gasteiger partial charge on any atom is 0.236 e. The van der Waals surface area contributed by atoms with Gasteiger partial charge in [-0.2, -0.15) is 0 Å². The van der Waals surface area contributed by atoms with E-state index in [0.29, 0.717) is 12.5 Å². The number of carbonyl (C=O) groups is 1. The molecule has 0 aliphatic heterocycles. The van der Waals surface area contributed by atoms with Crippen LogP contribution < -0.4 is 10.6 Å². The van der Waals surface area contributed by atoms with Crippen LogP contribution in [0.25, 0.3) is 0 Å². The predicted molar refractivity (Wildman–Crippen MR) is 57.0 cm³/mol. The zero-order valence-electron chi connectivity index (χ0n) is 9.34. The third-order valence-electron chi connectivity index (χ3n) is 2.14. The Kier molecular flexibility index (Phi) is 7.42. The molecule has 0 saturated carbocycles. The second-order valence-electron chi connectivity index (χ2n) is 3.64. The van der Waals surface area contributed by atoms with Gasteiger partial charge in [0.15, 0.2) is 0 Å². The van der Waals surface area contributed by atoms with Gasteiger partial charge in [-0.1, -0.05) is 6.92 Å². The zero-order chi connectivity index (χ0) is 11.0. The highest BCUT2D eigenvalue weighted by atomic mass is 16.3. The number of hydrogen-bond donors (Lipinski definition) is 3. The lowest BCUT2D eigenvalue weighted by Crippen LogP contribution is -2.43. The lowest BCUT2D eigenvalue weighted by molar-refractivity contribution is -0.122. The maximum absolute atomic E-state index is 11.3. The Morgan fingerprint density at radius 3 is 2.57 bits per heavy atom. The number of hydrogen-bond acceptors (Lipinski definition) is 3. The molecule has 0 aliphatic carbocycles. The van der Waals surface area contributed by atoms with Crippen LogP contribution in [-0.4, -0.2) is 36.8 Å². The fourth-order valence-corrected chi connectivity index (χ4v) is 1.12. The third kappa shape index (κ3) is 5.94. The first-order chi connectivity index (χ1) is 6.61. The summed E-state index contributed by atoms with van der Waals surface area (Å²) in [6.07, 6.45) is 0.773. The molecule has 0 aromatic heterocycles. The first kappa shape index (κ1) is 13.4. The Bertz CT molecular complexity index is 162. The van der Waals surface area contributed by atoms with Gasteiger partial charge in [0.25, 0.3) is 0 Å². The largest absolute Gasteiger partial charge is 0.396 e. The minimum Gasteiger partial charge on any atom is -0.396 e. The summed E-state index contributed by atoms with van der Waals surface area (Å²) in [5.41, 5.74) is 0. The summed E-state index contributed by atoms with van der Waals surface area (Å²) in [6, 6.07) is -0.156. The second kappa shape index (κ2) is 7.76. The van der Waals surface area contributed by atoms with E-state index in [9.17, 15) is 4.79 Å². The van der Waals surface area contributed by atoms with E-state index in [-0.39, 0.29) is 18.6 Å². The van der Waals surface area contributed by atoms with Crippen LogP contribution in [0.1, 0.15) is 27.2 Å². The number of rotatable bonds is 7. The van der Waals surface area contributed by atoms with Crippen LogP contribution in [0, 0.1) is 5.92 Å². The molecule has 0 saturated heterocycles. The zero-order valence-corrected chi connectivity index (χ0v) is 9.34. The Balaban J connectivity index is 3.61. The summed E-state index contributed by atoms with van der Waals surface area (Å²) >= 11 is 0. The molecule has 2 unspecified atom stereocenters. The van der Waals surface area contributed by atoms with Crippen molar-refractivity contribution in [1.82, 2.24) is 10.6 Å². The van der Waals surface area contributed by atoms with Crippen LogP contribution in [0.5, 0.6) is 0 Å². The van der Waals surface area contributed by atoms with Gasteiger partial charge in [0.2, 0.25) is 5.91 Å². The van der Waals surface area contributed by atoms with Gasteiger partial charge in [-0.15, -0.1) is 0 Å². The van der Waals surface area contributed by atoms with Crippen molar-refractivity contribution < 1.29 is 9.90 Å². The van der Waals surface area contributed by atoms with Crippen LogP contribution >= 0.6 is 0 Å². The predicted octanol–water partition coefficient (Wildman–Crippen LogP) is 0.119. The van der Waals surface area contributed by atoms with Crippen LogP contribution in [0.3, 0.4) is 0 Å². The third-order valence-corrected chi connectivity index (χ3v) is 2.14. The average molecular weight is 202 g/mol. The lowest BCUT2D eigenvalue weighted by atomic mass is 10.1. The molecule has 3 N–H and O–H groups in total. The average Bonchev–Trinajstić information content (AvgIpc) is 2.15. The van der Waals surface area contributed by atoms with Crippen molar-refractivity contribution in [3.05, 3.63) is 0 Å². The SMILES string of the molecule is CCNC(=O)C(C)NCC(C)CCO. The van der Waals surface area contributed by atoms with Gasteiger partial charge in [0.05, 0.1) is 6.04 Å². The fraction of sp³-hybridized carbons (Fsp3) is 0.900. The van der Waals surface area contributed by atoms with Crippen molar-refractivity contribution in [3.63, 3.8) is 0 Å². The first-order valence-corrected chi connectivity index (χ1v) is 5.23. The quantitative estimate of drug-likeness (QED) is 0.549. The molecule has 4 heteroatoms. The highest BCUT2D eigenvalue weighted by Crippen LogP contribution is 1.98. The number of aliphatic hydroxyl groups is 1. The normalized spacial score (nSPS) is 14.9. The van der Waals surface area contributed by atoms with Crippen molar-refractivity contribution in [1.29, 1.82) is 0 Å². The Morgan fingerprint density at radius 1 is 1.43 bits per heavy atom. The van der Waals surface area contributed by atoms with Crippen LogP contribution in [-0.2, 0) is 4.79 Å². The molecule has 0 spiro atoms. The van der Waals surface area contributed by atoms with E-state index in [1.54, 1.807) is 0 Å². The van der Waals surface area contributed by atoms with Crippen LogP contribution in [0.2, 0.25) is 0 Å². The number of carbonyl (C=O) groups excluding carboxylic acids is 1. The van der Waals surface area contributed by atoms with E-state index >= 15 is 0 Å². The molecule has 14 heavy (non-hydrogen) atoms. The standard InChI is InChI=1S/C10H22N2O2/c1-4-11-10(14)9(3)12-7-8(2)5-6-13/h8-9,12-13H,4-7H2,1-3H3,(H,11,14). The molecule has 0 aliphatic rings. The smallest absolute Gasteiger partial charge is 0.236 e. The maximum atomic E-state index is 11.3. The highest BCUT2D eigenvalue weighted by molar-refractivity contribution is 5.81. The van der Waals surface area contributed by atoms with Gasteiger partial charge in [0, 0.05) is 13.2 Å². The Hall–Kier alpha value is -0.610. The van der Waals surface area contributed by atoms with E-state index in [0.717, 1.165) is 13.0 Å². The molecule has 0 bridgehead atoms. The lowest BCUT2D eigenvalue weighted by Gasteiger charge is -2.16. The van der Waals surface area contributed by atoms with Crippen molar-refractivity contribution in [2.24, 2.45) is 5.92 Å². The van der Waals surface area contributed by atoms with Gasteiger partial charge in [-0.3, -0.25) is 4.79 Å². The molecule has 0 aromatic rings. The number of likely N-dealkylation sites (N-methyl/N-ethyl adjacent to an activating group) is 1. The summed E-state index contributed by atoms with van der Waals surface area (Å²) in [6.45, 7) is 7.43. The van der Waals surface area contributed by atoms with Crippen molar-refractivity contribution in [2.75, 3.05) is 19.7 Å². The van der Waals surface area contributed by atoms with E-state index in [4.69, 9.17) is 5.11 Å². The van der Waals surface area contributed by atoms with Crippen molar-refractivity contribution in [2.45, 2.75) is 33.2 Å². The number of amides is 1. The van der Waals surface area contributed by atoms with Gasteiger partial charge in [-0.05, 0) is 32.7 Å². The van der Waals surface area contributed by atoms with Crippen molar-refractivity contribution in [3.8, 4) is 0 Å². The van der Waals surface area contributed by atoms with E-state index in [1.165, 1.54) is 0 Å². The van der Waals surface area contributed by atoms with Gasteiger partial charge in [-0.25, -0.2) is 0 Å². The Morgan fingerprint density at radius 2 is 2.07 bits per heavy atom. The molecule has 0 rings (SSSR count). The summed E-state index contributed by atoms with van der Waals surface area (Å²) in [4.78, 5) is 11.3. The molecular weight excluding hydrogens is 180 g/mol. The van der Waals surface area contributed by atoms with Crippen LogP contribution in [0.15, 0.2) is 0 Å². The van der Waals surface area contributed by atoms with Gasteiger partial charge in [0.1, 0.15) is 0 Å². The topological polar surface area (TPSA) is 61.4 Å². The van der Waals surface area contributed by atoms with E-state index in [1.807, 2.05) is 20.8 Å². The molecule has 2 atom stereocenters. The van der Waals surface area contributed by atoms with Crippen molar-refractivity contribution >= 4 is 5.91 Å². The molecule has 0 radical (unpaired) electrons. The van der Waals surface area contributed by atoms with Crippen LogP contribution in [0.4, 0.5) is 0 Å². The molecule has 1 amide bonds. The number of aliphatic hydroxyl groups excluding tert-OH is 1. The monoisotopic (exact) mass is 202 g/mol. The van der Waals surface area contributed by atoms with E-state index in [2.05, 4.69) is 10.6 Å². The molecule has 0 aromatic carbocycles. The summed E-state index contributed by atoms with van der Waals surface area (Å²) in [5, 5.41) is 14.6. The summed E-state index contributed by atoms with van der Waals surface area (Å²) < 4.78 is 0. The number of nitrogens with one attached hydrogen (secondary N) is 2. The van der Waals surface area contributed by atoms with E-state index < -0.39 is 0 Å². The molecule has 84 valence electrons. The molecular formula is C10H22N2O2. The summed E-state index contributed by atoms with van der Waals surface area (Å²) in [5.74, 6) is 0.431.